The minimum absolute atomic E-state index is 0.196. The molecule has 1 heterocycles. The molecular weight excluding hydrogens is 242 g/mol. The number of carboxylic acid groups (broad SMARTS) is 1. The van der Waals surface area contributed by atoms with Gasteiger partial charge in [-0.15, -0.1) is 0 Å². The van der Waals surface area contributed by atoms with Crippen LogP contribution in [0.5, 0.6) is 0 Å². The highest BCUT2D eigenvalue weighted by Crippen LogP contribution is 2.26. The fourth-order valence-corrected chi connectivity index (χ4v) is 2.64. The van der Waals surface area contributed by atoms with Crippen LogP contribution in [0, 0.1) is 11.3 Å². The molecule has 1 saturated heterocycles. The van der Waals surface area contributed by atoms with E-state index in [9.17, 15) is 9.90 Å². The number of benzene rings is 1. The lowest BCUT2D eigenvalue weighted by atomic mass is 9.85. The summed E-state index contributed by atoms with van der Waals surface area (Å²) in [5.41, 5.74) is 0.382. The maximum atomic E-state index is 11.4. The Bertz CT molecular complexity index is 483. The SMILES string of the molecule is N#CCC1(Cc2ccccc2)CNCCN1C(=O)O. The number of carbonyl (C=O) groups is 1. The molecule has 1 aliphatic rings. The fourth-order valence-electron chi connectivity index (χ4n) is 2.64. The molecule has 0 radical (unpaired) electrons. The van der Waals surface area contributed by atoms with Crippen molar-refractivity contribution in [1.29, 1.82) is 5.26 Å². The van der Waals surface area contributed by atoms with Gasteiger partial charge in [0.05, 0.1) is 18.0 Å². The van der Waals surface area contributed by atoms with E-state index in [1.54, 1.807) is 0 Å². The number of nitrogens with one attached hydrogen (secondary N) is 1. The third kappa shape index (κ3) is 2.85. The molecule has 1 aromatic carbocycles. The van der Waals surface area contributed by atoms with Crippen LogP contribution in [0.3, 0.4) is 0 Å². The van der Waals surface area contributed by atoms with E-state index < -0.39 is 11.6 Å². The van der Waals surface area contributed by atoms with Crippen molar-refractivity contribution in [3.8, 4) is 6.07 Å². The van der Waals surface area contributed by atoms with Crippen LogP contribution in [0.4, 0.5) is 4.79 Å². The Kier molecular flexibility index (Phi) is 4.03. The van der Waals surface area contributed by atoms with Gasteiger partial charge in [-0.05, 0) is 12.0 Å². The summed E-state index contributed by atoms with van der Waals surface area (Å²) in [6.07, 6.45) is -0.199. The van der Waals surface area contributed by atoms with Crippen LogP contribution in [-0.2, 0) is 6.42 Å². The molecule has 1 fully saturated rings. The Morgan fingerprint density at radius 3 is 2.84 bits per heavy atom. The van der Waals surface area contributed by atoms with Gasteiger partial charge in [0.25, 0.3) is 0 Å². The molecule has 0 saturated carbocycles. The Morgan fingerprint density at radius 2 is 2.21 bits per heavy atom. The zero-order valence-corrected chi connectivity index (χ0v) is 10.7. The summed E-state index contributed by atoms with van der Waals surface area (Å²) in [7, 11) is 0. The lowest BCUT2D eigenvalue weighted by Gasteiger charge is -2.45. The molecule has 1 atom stereocenters. The van der Waals surface area contributed by atoms with Gasteiger partial charge >= 0.3 is 6.09 Å². The van der Waals surface area contributed by atoms with E-state index in [0.717, 1.165) is 5.56 Å². The van der Waals surface area contributed by atoms with Crippen molar-refractivity contribution in [2.75, 3.05) is 19.6 Å². The van der Waals surface area contributed by atoms with Crippen molar-refractivity contribution in [1.82, 2.24) is 10.2 Å². The summed E-state index contributed by atoms with van der Waals surface area (Å²) < 4.78 is 0. The first-order chi connectivity index (χ1) is 9.18. The van der Waals surface area contributed by atoms with Crippen LogP contribution in [0.2, 0.25) is 0 Å². The fraction of sp³-hybridized carbons (Fsp3) is 0.429. The van der Waals surface area contributed by atoms with E-state index >= 15 is 0 Å². The summed E-state index contributed by atoms with van der Waals surface area (Å²) >= 11 is 0. The number of rotatable bonds is 3. The van der Waals surface area contributed by atoms with Gasteiger partial charge in [-0.25, -0.2) is 4.79 Å². The van der Waals surface area contributed by atoms with Crippen molar-refractivity contribution in [2.24, 2.45) is 0 Å². The molecule has 1 aromatic rings. The lowest BCUT2D eigenvalue weighted by Crippen LogP contribution is -2.63. The molecule has 2 rings (SSSR count). The first kappa shape index (κ1) is 13.4. The number of hydrogen-bond acceptors (Lipinski definition) is 3. The van der Waals surface area contributed by atoms with E-state index in [4.69, 9.17) is 5.26 Å². The zero-order valence-electron chi connectivity index (χ0n) is 10.7. The van der Waals surface area contributed by atoms with Crippen molar-refractivity contribution in [3.63, 3.8) is 0 Å². The molecule has 2 N–H and O–H groups in total. The number of amides is 1. The summed E-state index contributed by atoms with van der Waals surface area (Å²) in [5, 5.41) is 21.6. The molecular formula is C14H17N3O2. The maximum absolute atomic E-state index is 11.4. The lowest BCUT2D eigenvalue weighted by molar-refractivity contribution is 0.0586. The summed E-state index contributed by atoms with van der Waals surface area (Å²) in [4.78, 5) is 12.8. The highest BCUT2D eigenvalue weighted by molar-refractivity contribution is 5.66. The second-order valence-electron chi connectivity index (χ2n) is 4.83. The van der Waals surface area contributed by atoms with Gasteiger partial charge in [-0.1, -0.05) is 30.3 Å². The number of nitrogens with zero attached hydrogens (tertiary/aromatic N) is 2. The molecule has 5 nitrogen and oxygen atoms in total. The molecule has 0 spiro atoms. The maximum Gasteiger partial charge on any atom is 0.407 e. The summed E-state index contributed by atoms with van der Waals surface area (Å²) in [6.45, 7) is 1.57. The standard InChI is InChI=1S/C14H17N3O2/c15-7-6-14(10-12-4-2-1-3-5-12)11-16-8-9-17(14)13(18)19/h1-5,16H,6,8-11H2,(H,18,19). The molecule has 1 amide bonds. The normalized spacial score (nSPS) is 22.8. The zero-order chi connectivity index (χ0) is 13.7. The van der Waals surface area contributed by atoms with Crippen LogP contribution in [0.1, 0.15) is 12.0 Å². The molecule has 0 aliphatic carbocycles. The third-order valence-corrected chi connectivity index (χ3v) is 3.55. The van der Waals surface area contributed by atoms with Crippen molar-refractivity contribution >= 4 is 6.09 Å². The molecule has 1 unspecified atom stereocenters. The van der Waals surface area contributed by atoms with Gasteiger partial charge in [0.1, 0.15) is 0 Å². The van der Waals surface area contributed by atoms with Crippen molar-refractivity contribution in [2.45, 2.75) is 18.4 Å². The van der Waals surface area contributed by atoms with Crippen LogP contribution < -0.4 is 5.32 Å². The topological polar surface area (TPSA) is 76.4 Å². The van der Waals surface area contributed by atoms with Crippen LogP contribution in [0.15, 0.2) is 30.3 Å². The van der Waals surface area contributed by atoms with Gasteiger partial charge < -0.3 is 10.4 Å². The van der Waals surface area contributed by atoms with E-state index in [0.29, 0.717) is 26.1 Å². The van der Waals surface area contributed by atoms with Crippen molar-refractivity contribution < 1.29 is 9.90 Å². The largest absolute Gasteiger partial charge is 0.465 e. The third-order valence-electron chi connectivity index (χ3n) is 3.55. The number of piperazine rings is 1. The second kappa shape index (κ2) is 5.72. The van der Waals surface area contributed by atoms with Crippen molar-refractivity contribution in [3.05, 3.63) is 35.9 Å². The van der Waals surface area contributed by atoms with E-state index in [1.807, 2.05) is 30.3 Å². The predicted octanol–water partition coefficient (Wildman–Crippen LogP) is 1.46. The summed E-state index contributed by atoms with van der Waals surface area (Å²) in [5.74, 6) is 0. The van der Waals surface area contributed by atoms with Gasteiger partial charge in [0.15, 0.2) is 0 Å². The Balaban J connectivity index is 2.30. The average molecular weight is 259 g/mol. The summed E-state index contributed by atoms with van der Waals surface area (Å²) in [6, 6.07) is 11.9. The predicted molar refractivity (Wildman–Crippen MR) is 70.7 cm³/mol. The van der Waals surface area contributed by atoms with Gasteiger partial charge in [0.2, 0.25) is 0 Å². The minimum Gasteiger partial charge on any atom is -0.465 e. The minimum atomic E-state index is -0.951. The highest BCUT2D eigenvalue weighted by atomic mass is 16.4. The first-order valence-corrected chi connectivity index (χ1v) is 6.30. The number of hydrogen-bond donors (Lipinski definition) is 2. The Labute approximate surface area is 112 Å². The Hall–Kier alpha value is -2.06. The Morgan fingerprint density at radius 1 is 1.47 bits per heavy atom. The van der Waals surface area contributed by atoms with Gasteiger partial charge in [-0.3, -0.25) is 4.90 Å². The molecule has 0 aromatic heterocycles. The average Bonchev–Trinajstić information content (AvgIpc) is 2.40. The van der Waals surface area contributed by atoms with Gasteiger partial charge in [-0.2, -0.15) is 5.26 Å². The molecule has 1 aliphatic heterocycles. The quantitative estimate of drug-likeness (QED) is 0.861. The van der Waals surface area contributed by atoms with Crippen LogP contribution in [0.25, 0.3) is 0 Å². The van der Waals surface area contributed by atoms with Crippen LogP contribution >= 0.6 is 0 Å². The molecule has 19 heavy (non-hydrogen) atoms. The van der Waals surface area contributed by atoms with Gasteiger partial charge in [0, 0.05) is 19.6 Å². The van der Waals surface area contributed by atoms with E-state index in [1.165, 1.54) is 4.90 Å². The first-order valence-electron chi connectivity index (χ1n) is 6.30. The highest BCUT2D eigenvalue weighted by Gasteiger charge is 2.41. The molecule has 0 bridgehead atoms. The second-order valence-corrected chi connectivity index (χ2v) is 4.83. The molecule has 5 heteroatoms. The molecule has 100 valence electrons. The van der Waals surface area contributed by atoms with E-state index in [2.05, 4.69) is 11.4 Å². The smallest absolute Gasteiger partial charge is 0.407 e. The van der Waals surface area contributed by atoms with E-state index in [-0.39, 0.29) is 6.42 Å². The number of nitriles is 1. The monoisotopic (exact) mass is 259 g/mol. The van der Waals surface area contributed by atoms with Crippen LogP contribution in [-0.4, -0.2) is 41.3 Å².